The molecular formula is C37H33N3O3S. The molecule has 5 aromatic carbocycles. The van der Waals surface area contributed by atoms with E-state index in [1.165, 1.54) is 11.8 Å². The van der Waals surface area contributed by atoms with Gasteiger partial charge in [-0.25, -0.2) is 0 Å². The number of rotatable bonds is 10. The van der Waals surface area contributed by atoms with Crippen LogP contribution in [0.1, 0.15) is 34.8 Å². The van der Waals surface area contributed by atoms with Crippen LogP contribution >= 0.6 is 11.8 Å². The number of carbonyl (C=O) groups excluding carboxylic acids is 3. The van der Waals surface area contributed by atoms with Gasteiger partial charge in [0.2, 0.25) is 5.91 Å². The van der Waals surface area contributed by atoms with Crippen LogP contribution in [-0.2, 0) is 9.59 Å². The second-order valence-electron chi connectivity index (χ2n) is 10.3. The molecule has 0 aromatic heterocycles. The topological polar surface area (TPSA) is 87.3 Å². The molecule has 0 saturated heterocycles. The standard InChI is InChI=1S/C37H33N3O3S/c1-3-34(37(43)39-29-18-9-12-25(2)22-29)44-31-20-11-19-30(24-31)38-36(42)33(40-35(41)27-14-5-4-6-15-27)23-28-17-10-16-26-13-7-8-21-32(26)28/h4-24,34H,3H2,1-2H3,(H,38,42)(H,39,43)(H,40,41)/b33-23+. The summed E-state index contributed by atoms with van der Waals surface area (Å²) in [7, 11) is 0. The first-order valence-corrected chi connectivity index (χ1v) is 15.3. The molecule has 0 fully saturated rings. The fourth-order valence-corrected chi connectivity index (χ4v) is 5.77. The van der Waals surface area contributed by atoms with Crippen molar-refractivity contribution < 1.29 is 14.4 Å². The fraction of sp³-hybridized carbons (Fsp3) is 0.108. The smallest absolute Gasteiger partial charge is 0.272 e. The molecule has 0 aliphatic heterocycles. The van der Waals surface area contributed by atoms with Gasteiger partial charge in [0.25, 0.3) is 11.8 Å². The van der Waals surface area contributed by atoms with Gasteiger partial charge in [0, 0.05) is 21.8 Å². The first kappa shape index (κ1) is 30.3. The number of amides is 3. The summed E-state index contributed by atoms with van der Waals surface area (Å²) >= 11 is 1.43. The number of carbonyl (C=O) groups is 3. The van der Waals surface area contributed by atoms with E-state index in [-0.39, 0.29) is 22.8 Å². The van der Waals surface area contributed by atoms with Crippen molar-refractivity contribution in [1.82, 2.24) is 5.32 Å². The monoisotopic (exact) mass is 599 g/mol. The number of anilines is 2. The minimum Gasteiger partial charge on any atom is -0.325 e. The SMILES string of the molecule is CCC(Sc1cccc(NC(=O)/C(=C\c2cccc3ccccc23)NC(=O)c2ccccc2)c1)C(=O)Nc1cccc(C)c1. The molecule has 3 amide bonds. The van der Waals surface area contributed by atoms with E-state index in [4.69, 9.17) is 0 Å². The van der Waals surface area contributed by atoms with E-state index in [1.54, 1.807) is 36.4 Å². The van der Waals surface area contributed by atoms with Crippen LogP contribution in [0.2, 0.25) is 0 Å². The zero-order valence-electron chi connectivity index (χ0n) is 24.5. The Morgan fingerprint density at radius 3 is 2.20 bits per heavy atom. The molecule has 0 radical (unpaired) electrons. The van der Waals surface area contributed by atoms with Gasteiger partial charge in [0.05, 0.1) is 5.25 Å². The van der Waals surface area contributed by atoms with Crippen LogP contribution in [0.4, 0.5) is 11.4 Å². The lowest BCUT2D eigenvalue weighted by Gasteiger charge is -2.16. The summed E-state index contributed by atoms with van der Waals surface area (Å²) in [6.45, 7) is 3.95. The van der Waals surface area contributed by atoms with E-state index < -0.39 is 5.91 Å². The number of nitrogens with one attached hydrogen (secondary N) is 3. The average molecular weight is 600 g/mol. The van der Waals surface area contributed by atoms with Crippen molar-refractivity contribution in [2.24, 2.45) is 0 Å². The highest BCUT2D eigenvalue weighted by atomic mass is 32.2. The Balaban J connectivity index is 1.37. The average Bonchev–Trinajstić information content (AvgIpc) is 3.04. The molecule has 3 N–H and O–H groups in total. The molecule has 0 heterocycles. The summed E-state index contributed by atoms with van der Waals surface area (Å²) in [5.41, 5.74) is 3.73. The molecule has 0 aliphatic carbocycles. The maximum Gasteiger partial charge on any atom is 0.272 e. The fourth-order valence-electron chi connectivity index (χ4n) is 4.75. The Labute approximate surface area is 261 Å². The van der Waals surface area contributed by atoms with Crippen LogP contribution in [0.3, 0.4) is 0 Å². The molecule has 1 unspecified atom stereocenters. The second-order valence-corrected chi connectivity index (χ2v) is 11.6. The first-order valence-electron chi connectivity index (χ1n) is 14.4. The molecule has 44 heavy (non-hydrogen) atoms. The van der Waals surface area contributed by atoms with Crippen LogP contribution in [-0.4, -0.2) is 23.0 Å². The van der Waals surface area contributed by atoms with E-state index in [2.05, 4.69) is 16.0 Å². The van der Waals surface area contributed by atoms with Gasteiger partial charge >= 0.3 is 0 Å². The Morgan fingerprint density at radius 1 is 0.750 bits per heavy atom. The summed E-state index contributed by atoms with van der Waals surface area (Å²) < 4.78 is 0. The van der Waals surface area contributed by atoms with Crippen LogP contribution in [0.25, 0.3) is 16.8 Å². The number of aryl methyl sites for hydroxylation is 1. The second kappa shape index (κ2) is 14.4. The molecule has 1 atom stereocenters. The van der Waals surface area contributed by atoms with Crippen molar-refractivity contribution in [3.8, 4) is 0 Å². The van der Waals surface area contributed by atoms with E-state index in [1.807, 2.05) is 105 Å². The van der Waals surface area contributed by atoms with E-state index in [0.29, 0.717) is 17.7 Å². The number of hydrogen-bond donors (Lipinski definition) is 3. The summed E-state index contributed by atoms with van der Waals surface area (Å²) in [4.78, 5) is 40.7. The third-order valence-corrected chi connectivity index (χ3v) is 8.33. The molecule has 7 heteroatoms. The molecule has 6 nitrogen and oxygen atoms in total. The summed E-state index contributed by atoms with van der Waals surface area (Å²) in [6, 6.07) is 37.6. The third-order valence-electron chi connectivity index (χ3n) is 6.97. The van der Waals surface area contributed by atoms with Crippen LogP contribution in [0.5, 0.6) is 0 Å². The number of thioether (sulfide) groups is 1. The summed E-state index contributed by atoms with van der Waals surface area (Å²) in [5, 5.41) is 10.4. The van der Waals surface area contributed by atoms with E-state index in [0.717, 1.165) is 32.5 Å². The van der Waals surface area contributed by atoms with Crippen molar-refractivity contribution in [1.29, 1.82) is 0 Å². The van der Waals surface area contributed by atoms with Crippen molar-refractivity contribution in [3.05, 3.63) is 144 Å². The molecular weight excluding hydrogens is 566 g/mol. The predicted octanol–water partition coefficient (Wildman–Crippen LogP) is 8.07. The van der Waals surface area contributed by atoms with Gasteiger partial charge in [-0.15, -0.1) is 11.8 Å². The maximum absolute atomic E-state index is 13.7. The Hall–Kier alpha value is -5.14. The molecule has 5 rings (SSSR count). The molecule has 5 aromatic rings. The van der Waals surface area contributed by atoms with Gasteiger partial charge in [-0.1, -0.05) is 85.8 Å². The van der Waals surface area contributed by atoms with Crippen LogP contribution in [0.15, 0.2) is 132 Å². The lowest BCUT2D eigenvalue weighted by atomic mass is 10.0. The van der Waals surface area contributed by atoms with Gasteiger partial charge in [-0.3, -0.25) is 14.4 Å². The normalized spacial score (nSPS) is 11.9. The van der Waals surface area contributed by atoms with E-state index in [9.17, 15) is 14.4 Å². The first-order chi connectivity index (χ1) is 21.4. The zero-order valence-corrected chi connectivity index (χ0v) is 25.4. The summed E-state index contributed by atoms with van der Waals surface area (Å²) in [5.74, 6) is -0.933. The lowest BCUT2D eigenvalue weighted by Crippen LogP contribution is -2.30. The number of benzene rings is 5. The Kier molecular flexibility index (Phi) is 9.89. The molecule has 0 bridgehead atoms. The van der Waals surface area contributed by atoms with Gasteiger partial charge < -0.3 is 16.0 Å². The quantitative estimate of drug-likeness (QED) is 0.112. The van der Waals surface area contributed by atoms with Crippen molar-refractivity contribution in [3.63, 3.8) is 0 Å². The zero-order chi connectivity index (χ0) is 30.9. The van der Waals surface area contributed by atoms with Gasteiger partial charge in [-0.2, -0.15) is 0 Å². The van der Waals surface area contributed by atoms with Crippen molar-refractivity contribution in [2.45, 2.75) is 30.4 Å². The third kappa shape index (κ3) is 7.82. The molecule has 220 valence electrons. The Morgan fingerprint density at radius 2 is 1.43 bits per heavy atom. The van der Waals surface area contributed by atoms with E-state index >= 15 is 0 Å². The largest absolute Gasteiger partial charge is 0.325 e. The molecule has 0 aliphatic rings. The number of fused-ring (bicyclic) bond motifs is 1. The minimum atomic E-state index is -0.464. The van der Waals surface area contributed by atoms with Crippen molar-refractivity contribution in [2.75, 3.05) is 10.6 Å². The summed E-state index contributed by atoms with van der Waals surface area (Å²) in [6.07, 6.45) is 2.32. The Bertz CT molecular complexity index is 1830. The maximum atomic E-state index is 13.7. The van der Waals surface area contributed by atoms with Gasteiger partial charge in [-0.05, 0) is 83.8 Å². The number of hydrogen-bond acceptors (Lipinski definition) is 4. The van der Waals surface area contributed by atoms with Crippen LogP contribution in [0, 0.1) is 6.92 Å². The van der Waals surface area contributed by atoms with Gasteiger partial charge in [0.15, 0.2) is 0 Å². The minimum absolute atomic E-state index is 0.0820. The predicted molar refractivity (Wildman–Crippen MR) is 181 cm³/mol. The molecule has 0 saturated carbocycles. The van der Waals surface area contributed by atoms with Gasteiger partial charge in [0.1, 0.15) is 5.70 Å². The highest BCUT2D eigenvalue weighted by Gasteiger charge is 2.20. The highest BCUT2D eigenvalue weighted by molar-refractivity contribution is 8.00. The van der Waals surface area contributed by atoms with Crippen LogP contribution < -0.4 is 16.0 Å². The highest BCUT2D eigenvalue weighted by Crippen LogP contribution is 2.29. The molecule has 0 spiro atoms. The lowest BCUT2D eigenvalue weighted by molar-refractivity contribution is -0.116. The van der Waals surface area contributed by atoms with Crippen molar-refractivity contribution >= 4 is 57.7 Å².